The molecule has 1 heterocycles. The van der Waals surface area contributed by atoms with Gasteiger partial charge in [0.25, 0.3) is 0 Å². The summed E-state index contributed by atoms with van der Waals surface area (Å²) in [6.07, 6.45) is 4.26. The van der Waals surface area contributed by atoms with Crippen LogP contribution < -0.4 is 5.32 Å². The number of hydrogen-bond donors (Lipinski definition) is 1. The van der Waals surface area contributed by atoms with Gasteiger partial charge in [-0.05, 0) is 52.6 Å². The van der Waals surface area contributed by atoms with Crippen molar-refractivity contribution in [2.24, 2.45) is 5.92 Å². The SMILES string of the molecule is Cl.Cl.Ic1cccc([C@@H](CC2CC2)N2CCNCC2)c1. The van der Waals surface area contributed by atoms with Crippen LogP contribution >= 0.6 is 47.4 Å². The molecule has 0 spiro atoms. The highest BCUT2D eigenvalue weighted by molar-refractivity contribution is 14.1. The molecule has 1 aliphatic heterocycles. The topological polar surface area (TPSA) is 15.3 Å². The van der Waals surface area contributed by atoms with Gasteiger partial charge in [-0.15, -0.1) is 24.8 Å². The Morgan fingerprint density at radius 2 is 1.90 bits per heavy atom. The van der Waals surface area contributed by atoms with Gasteiger partial charge in [0.1, 0.15) is 0 Å². The molecule has 2 fully saturated rings. The maximum absolute atomic E-state index is 3.46. The Labute approximate surface area is 148 Å². The summed E-state index contributed by atoms with van der Waals surface area (Å²) in [5.41, 5.74) is 1.52. The molecule has 3 rings (SSSR count). The fraction of sp³-hybridized carbons (Fsp3) is 0.600. The average Bonchev–Trinajstić information content (AvgIpc) is 3.21. The molecule has 1 N–H and O–H groups in total. The number of hydrogen-bond acceptors (Lipinski definition) is 2. The fourth-order valence-electron chi connectivity index (χ4n) is 2.87. The summed E-state index contributed by atoms with van der Waals surface area (Å²) >= 11 is 2.43. The molecule has 1 saturated carbocycles. The molecule has 2 aliphatic rings. The van der Waals surface area contributed by atoms with Crippen LogP contribution in [0.3, 0.4) is 0 Å². The summed E-state index contributed by atoms with van der Waals surface area (Å²) in [4.78, 5) is 2.68. The molecule has 0 unspecified atom stereocenters. The van der Waals surface area contributed by atoms with E-state index in [1.165, 1.54) is 41.5 Å². The van der Waals surface area contributed by atoms with Crippen molar-refractivity contribution < 1.29 is 0 Å². The van der Waals surface area contributed by atoms with E-state index in [4.69, 9.17) is 0 Å². The molecule has 1 atom stereocenters. The summed E-state index contributed by atoms with van der Waals surface area (Å²) in [5, 5.41) is 3.46. The van der Waals surface area contributed by atoms with Gasteiger partial charge in [0.05, 0.1) is 0 Å². The Hall–Kier alpha value is 0.450. The Balaban J connectivity index is 0.000001000. The molecule has 1 aromatic rings. The van der Waals surface area contributed by atoms with Crippen molar-refractivity contribution in [1.29, 1.82) is 0 Å². The number of benzene rings is 1. The zero-order chi connectivity index (χ0) is 12.4. The van der Waals surface area contributed by atoms with Crippen LogP contribution in [0.1, 0.15) is 30.9 Å². The van der Waals surface area contributed by atoms with E-state index < -0.39 is 0 Å². The quantitative estimate of drug-likeness (QED) is 0.732. The molecule has 0 amide bonds. The number of piperazine rings is 1. The van der Waals surface area contributed by atoms with Crippen molar-refractivity contribution in [2.75, 3.05) is 26.2 Å². The average molecular weight is 429 g/mol. The summed E-state index contributed by atoms with van der Waals surface area (Å²) in [7, 11) is 0. The van der Waals surface area contributed by atoms with Crippen molar-refractivity contribution in [2.45, 2.75) is 25.3 Å². The number of nitrogens with one attached hydrogen (secondary N) is 1. The van der Waals surface area contributed by atoms with Crippen molar-refractivity contribution in [3.05, 3.63) is 33.4 Å². The lowest BCUT2D eigenvalue weighted by molar-refractivity contribution is 0.160. The number of halogens is 3. The highest BCUT2D eigenvalue weighted by Crippen LogP contribution is 2.40. The van der Waals surface area contributed by atoms with Crippen LogP contribution in [0.4, 0.5) is 0 Å². The molecule has 0 aromatic heterocycles. The van der Waals surface area contributed by atoms with Crippen molar-refractivity contribution in [3.63, 3.8) is 0 Å². The van der Waals surface area contributed by atoms with Gasteiger partial charge in [-0.2, -0.15) is 0 Å². The maximum atomic E-state index is 3.46. The summed E-state index contributed by atoms with van der Waals surface area (Å²) in [6.45, 7) is 4.68. The Bertz CT molecular complexity index is 407. The van der Waals surface area contributed by atoms with Crippen molar-refractivity contribution in [3.8, 4) is 0 Å². The second kappa shape index (κ2) is 8.79. The monoisotopic (exact) mass is 428 g/mol. The minimum atomic E-state index is 0. The second-order valence-corrected chi connectivity index (χ2v) is 6.78. The van der Waals surface area contributed by atoms with Gasteiger partial charge < -0.3 is 5.32 Å². The Morgan fingerprint density at radius 1 is 1.20 bits per heavy atom. The summed E-state index contributed by atoms with van der Waals surface area (Å²) < 4.78 is 1.36. The highest BCUT2D eigenvalue weighted by atomic mass is 127. The molecule has 1 saturated heterocycles. The lowest BCUT2D eigenvalue weighted by Crippen LogP contribution is -2.45. The van der Waals surface area contributed by atoms with E-state index in [0.29, 0.717) is 6.04 Å². The van der Waals surface area contributed by atoms with Gasteiger partial charge in [0.15, 0.2) is 0 Å². The van der Waals surface area contributed by atoms with E-state index in [1.807, 2.05) is 0 Å². The van der Waals surface area contributed by atoms with Crippen molar-refractivity contribution in [1.82, 2.24) is 10.2 Å². The first-order chi connectivity index (χ1) is 8.83. The summed E-state index contributed by atoms with van der Waals surface area (Å²) in [5.74, 6) is 0.989. The Morgan fingerprint density at radius 3 is 2.50 bits per heavy atom. The van der Waals surface area contributed by atoms with Crippen LogP contribution in [0.15, 0.2) is 24.3 Å². The standard InChI is InChI=1S/C15H21IN2.2ClH/c16-14-3-1-2-13(11-14)15(10-12-4-5-12)18-8-6-17-7-9-18;;/h1-3,11-12,15,17H,4-10H2;2*1H/t15-;;/m1../s1. The molecular formula is C15H23Cl2IN2. The van der Waals surface area contributed by atoms with Gasteiger partial charge in [0, 0.05) is 35.8 Å². The first-order valence-corrected chi connectivity index (χ1v) is 8.11. The highest BCUT2D eigenvalue weighted by Gasteiger charge is 2.30. The normalized spacial score (nSPS) is 20.6. The molecule has 5 heteroatoms. The van der Waals surface area contributed by atoms with E-state index in [1.54, 1.807) is 0 Å². The molecular weight excluding hydrogens is 406 g/mol. The smallest absolute Gasteiger partial charge is 0.0352 e. The third-order valence-electron chi connectivity index (χ3n) is 4.08. The van der Waals surface area contributed by atoms with E-state index in [2.05, 4.69) is 57.1 Å². The second-order valence-electron chi connectivity index (χ2n) is 5.54. The fourth-order valence-corrected chi connectivity index (χ4v) is 3.44. The molecule has 0 radical (unpaired) electrons. The molecule has 20 heavy (non-hydrogen) atoms. The lowest BCUT2D eigenvalue weighted by Gasteiger charge is -2.35. The number of rotatable bonds is 4. The zero-order valence-corrected chi connectivity index (χ0v) is 15.3. The molecule has 0 bridgehead atoms. The van der Waals surface area contributed by atoms with E-state index >= 15 is 0 Å². The zero-order valence-electron chi connectivity index (χ0n) is 11.6. The molecule has 114 valence electrons. The van der Waals surface area contributed by atoms with Crippen LogP contribution in [-0.4, -0.2) is 31.1 Å². The predicted octanol–water partition coefficient (Wildman–Crippen LogP) is 3.88. The molecule has 2 nitrogen and oxygen atoms in total. The van der Waals surface area contributed by atoms with Crippen LogP contribution in [0, 0.1) is 9.49 Å². The van der Waals surface area contributed by atoms with E-state index in [9.17, 15) is 0 Å². The van der Waals surface area contributed by atoms with Crippen molar-refractivity contribution >= 4 is 47.4 Å². The van der Waals surface area contributed by atoms with Crippen LogP contribution in [0.2, 0.25) is 0 Å². The minimum Gasteiger partial charge on any atom is -0.314 e. The molecule has 1 aromatic carbocycles. The van der Waals surface area contributed by atoms with E-state index in [0.717, 1.165) is 19.0 Å². The third kappa shape index (κ3) is 5.02. The van der Waals surface area contributed by atoms with Crippen LogP contribution in [0.25, 0.3) is 0 Å². The third-order valence-corrected chi connectivity index (χ3v) is 4.75. The van der Waals surface area contributed by atoms with Gasteiger partial charge in [-0.1, -0.05) is 25.0 Å². The van der Waals surface area contributed by atoms with Gasteiger partial charge in [-0.25, -0.2) is 0 Å². The van der Waals surface area contributed by atoms with Gasteiger partial charge >= 0.3 is 0 Å². The minimum absolute atomic E-state index is 0. The first kappa shape index (κ1) is 18.5. The Kier molecular flexibility index (Phi) is 8.13. The van der Waals surface area contributed by atoms with Crippen LogP contribution in [0.5, 0.6) is 0 Å². The lowest BCUT2D eigenvalue weighted by atomic mass is 9.99. The first-order valence-electron chi connectivity index (χ1n) is 7.03. The number of nitrogens with zero attached hydrogens (tertiary/aromatic N) is 1. The summed E-state index contributed by atoms with van der Waals surface area (Å²) in [6, 6.07) is 9.73. The molecule has 1 aliphatic carbocycles. The van der Waals surface area contributed by atoms with Crippen LogP contribution in [-0.2, 0) is 0 Å². The van der Waals surface area contributed by atoms with Gasteiger partial charge in [0.2, 0.25) is 0 Å². The maximum Gasteiger partial charge on any atom is 0.0352 e. The van der Waals surface area contributed by atoms with E-state index in [-0.39, 0.29) is 24.8 Å². The largest absolute Gasteiger partial charge is 0.314 e. The van der Waals surface area contributed by atoms with Gasteiger partial charge in [-0.3, -0.25) is 4.90 Å². The predicted molar refractivity (Wildman–Crippen MR) is 98.2 cm³/mol.